The molecular weight excluding hydrogens is 842 g/mol. The number of halogens is 3. The molecule has 0 aliphatic carbocycles. The first-order chi connectivity index (χ1) is 31.4. The van der Waals surface area contributed by atoms with E-state index in [1.807, 2.05) is 98.6 Å². The largest absolute Gasteiger partial charge is 0.490 e. The lowest BCUT2D eigenvalue weighted by Gasteiger charge is -2.41. The van der Waals surface area contributed by atoms with Crippen LogP contribution in [0.4, 0.5) is 13.2 Å². The number of aldehydes is 1. The number of fused-ring (bicyclic) bond motifs is 1. The maximum absolute atomic E-state index is 13.9. The number of β-amino-alcohol motifs (C(OH)–C–C–N with tert-alkyl or cyclic N) is 1. The Morgan fingerprint density at radius 3 is 2.23 bits per heavy atom. The van der Waals surface area contributed by atoms with Crippen molar-refractivity contribution in [3.63, 3.8) is 0 Å². The number of hydrogen-bond acceptors (Lipinski definition) is 10. The maximum Gasteiger partial charge on any atom is 0.405 e. The molecule has 2 aliphatic heterocycles. The van der Waals surface area contributed by atoms with Crippen molar-refractivity contribution in [1.82, 2.24) is 39.5 Å². The van der Waals surface area contributed by atoms with Gasteiger partial charge in [0, 0.05) is 86.9 Å². The van der Waals surface area contributed by atoms with E-state index in [2.05, 4.69) is 15.3 Å². The van der Waals surface area contributed by atoms with E-state index in [0.29, 0.717) is 42.9 Å². The number of aliphatic hydroxyl groups is 2. The van der Waals surface area contributed by atoms with Crippen LogP contribution in [-0.2, 0) is 22.6 Å². The number of alkyl halides is 3. The van der Waals surface area contributed by atoms with Gasteiger partial charge in [-0.2, -0.15) is 13.2 Å². The van der Waals surface area contributed by atoms with E-state index >= 15 is 0 Å². The Morgan fingerprint density at radius 1 is 0.862 bits per heavy atom. The topological polar surface area (TPSA) is 167 Å². The van der Waals surface area contributed by atoms with E-state index in [1.54, 1.807) is 66.2 Å². The van der Waals surface area contributed by atoms with Gasteiger partial charge in [0.25, 0.3) is 0 Å². The molecule has 2 aromatic carbocycles. The van der Waals surface area contributed by atoms with E-state index in [0.717, 1.165) is 28.8 Å². The SMILES string of the molecule is O=C(N[C@H]1c2ccccc2OC[C@H]1O)[C@H](Cc1ccccc1)C[C@H](O)CN1CCN(Cc2ccn(-c3cccnc3)c2)C[C@H]1C(=O)NCC(F)(F)F.O=Cc1ccn(-c2cccnc2)c1. The third kappa shape index (κ3) is 13.0. The van der Waals surface area contributed by atoms with Crippen molar-refractivity contribution in [3.8, 4) is 17.1 Å². The van der Waals surface area contributed by atoms with E-state index in [4.69, 9.17) is 4.74 Å². The van der Waals surface area contributed by atoms with Gasteiger partial charge in [-0.25, -0.2) is 0 Å². The standard InChI is InChI=1S/C38H43F3N6O5.C10H8N2O/c39-38(40,41)25-43-37(51)32-23-45(20-27-12-14-46(21-27)29-9-6-13-42-19-29)15-16-47(32)22-30(48)18-28(17-26-7-2-1-3-8-26)36(50)44-35-31-10-4-5-11-34(31)52-24-33(35)49;13-8-9-3-5-12(7-9)10-2-1-4-11-6-10/h1-14,19,21,28,30,32-33,35,48-49H,15-18,20,22-25H2,(H,43,51)(H,44,50);1-8H/t28-,30+,32+,33-,35+;/m1./s1. The van der Waals surface area contributed by atoms with Gasteiger partial charge in [0.05, 0.1) is 35.9 Å². The number of para-hydroxylation sites is 1. The highest BCUT2D eigenvalue weighted by Crippen LogP contribution is 2.32. The number of ether oxygens (including phenoxy) is 1. The maximum atomic E-state index is 13.9. The van der Waals surface area contributed by atoms with Crippen LogP contribution in [0, 0.1) is 5.92 Å². The van der Waals surface area contributed by atoms with Gasteiger partial charge < -0.3 is 34.7 Å². The molecule has 1 fully saturated rings. The number of carbonyl (C=O) groups excluding carboxylic acids is 3. The van der Waals surface area contributed by atoms with Crippen LogP contribution < -0.4 is 15.4 Å². The highest BCUT2D eigenvalue weighted by molar-refractivity contribution is 5.82. The van der Waals surface area contributed by atoms with Crippen molar-refractivity contribution < 1.29 is 42.5 Å². The van der Waals surface area contributed by atoms with Gasteiger partial charge in [0.15, 0.2) is 6.29 Å². The fourth-order valence-corrected chi connectivity index (χ4v) is 8.05. The summed E-state index contributed by atoms with van der Waals surface area (Å²) in [6.07, 6.45) is 8.80. The van der Waals surface area contributed by atoms with Crippen molar-refractivity contribution in [1.29, 1.82) is 0 Å². The quantitative estimate of drug-likeness (QED) is 0.104. The number of carbonyl (C=O) groups is 3. The molecule has 14 nitrogen and oxygen atoms in total. The van der Waals surface area contributed by atoms with Crippen LogP contribution in [0.15, 0.2) is 141 Å². The first-order valence-corrected chi connectivity index (χ1v) is 21.3. The van der Waals surface area contributed by atoms with E-state index in [1.165, 1.54) is 0 Å². The van der Waals surface area contributed by atoms with Crippen LogP contribution in [0.5, 0.6) is 5.75 Å². The number of rotatable bonds is 15. The summed E-state index contributed by atoms with van der Waals surface area (Å²) in [5.41, 5.74) is 4.98. The molecule has 8 rings (SSSR count). The van der Waals surface area contributed by atoms with Gasteiger partial charge in [-0.1, -0.05) is 48.5 Å². The summed E-state index contributed by atoms with van der Waals surface area (Å²) >= 11 is 0. The lowest BCUT2D eigenvalue weighted by molar-refractivity contribution is -0.143. The number of pyridine rings is 2. The predicted molar refractivity (Wildman–Crippen MR) is 235 cm³/mol. The second-order valence-electron chi connectivity index (χ2n) is 16.1. The Hall–Kier alpha value is -6.66. The molecule has 65 heavy (non-hydrogen) atoms. The van der Waals surface area contributed by atoms with E-state index in [9.17, 15) is 37.8 Å². The molecule has 0 unspecified atom stereocenters. The van der Waals surface area contributed by atoms with Crippen molar-refractivity contribution in [2.75, 3.05) is 39.3 Å². The van der Waals surface area contributed by atoms with Crippen molar-refractivity contribution in [3.05, 3.63) is 163 Å². The molecule has 17 heteroatoms. The molecule has 6 heterocycles. The number of amides is 2. The van der Waals surface area contributed by atoms with Gasteiger partial charge in [-0.3, -0.25) is 34.2 Å². The lowest BCUT2D eigenvalue weighted by atomic mass is 9.90. The van der Waals surface area contributed by atoms with Gasteiger partial charge in [0.1, 0.15) is 31.0 Å². The number of aromatic nitrogens is 4. The first-order valence-electron chi connectivity index (χ1n) is 21.3. The van der Waals surface area contributed by atoms with Gasteiger partial charge in [-0.15, -0.1) is 0 Å². The molecule has 1 saturated heterocycles. The summed E-state index contributed by atoms with van der Waals surface area (Å²) in [7, 11) is 0. The van der Waals surface area contributed by atoms with E-state index < -0.39 is 48.8 Å². The van der Waals surface area contributed by atoms with Crippen molar-refractivity contribution in [2.24, 2.45) is 5.92 Å². The van der Waals surface area contributed by atoms with Crippen LogP contribution >= 0.6 is 0 Å². The fraction of sp³-hybridized carbons (Fsp3) is 0.312. The summed E-state index contributed by atoms with van der Waals surface area (Å²) in [6, 6.07) is 26.1. The van der Waals surface area contributed by atoms with Crippen molar-refractivity contribution in [2.45, 2.75) is 49.9 Å². The molecule has 340 valence electrons. The number of piperazine rings is 1. The van der Waals surface area contributed by atoms with Crippen molar-refractivity contribution >= 4 is 18.1 Å². The molecule has 5 atom stereocenters. The zero-order chi connectivity index (χ0) is 45.8. The molecule has 4 N–H and O–H groups in total. The number of aliphatic hydroxyl groups excluding tert-OH is 2. The third-order valence-electron chi connectivity index (χ3n) is 11.3. The normalized spacial score (nSPS) is 18.5. The Balaban J connectivity index is 0.000000413. The Kier molecular flexibility index (Phi) is 15.6. The van der Waals surface area contributed by atoms with Crippen LogP contribution in [0.1, 0.15) is 39.5 Å². The molecule has 0 radical (unpaired) electrons. The summed E-state index contributed by atoms with van der Waals surface area (Å²) < 4.78 is 48.8. The second-order valence-corrected chi connectivity index (χ2v) is 16.1. The molecule has 2 amide bonds. The third-order valence-corrected chi connectivity index (χ3v) is 11.3. The molecule has 2 aliphatic rings. The number of benzene rings is 2. The number of hydrogen-bond donors (Lipinski definition) is 4. The molecule has 0 bridgehead atoms. The molecule has 4 aromatic heterocycles. The Bertz CT molecular complexity index is 2450. The summed E-state index contributed by atoms with van der Waals surface area (Å²) in [6.45, 7) is -0.0670. The lowest BCUT2D eigenvalue weighted by Crippen LogP contribution is -2.60. The smallest absolute Gasteiger partial charge is 0.405 e. The molecule has 0 saturated carbocycles. The van der Waals surface area contributed by atoms with Crippen LogP contribution in [0.25, 0.3) is 11.4 Å². The van der Waals surface area contributed by atoms with Gasteiger partial charge >= 0.3 is 6.18 Å². The Labute approximate surface area is 374 Å². The van der Waals surface area contributed by atoms with E-state index in [-0.39, 0.29) is 32.0 Å². The van der Waals surface area contributed by atoms with Crippen LogP contribution in [0.2, 0.25) is 0 Å². The monoisotopic (exact) mass is 892 g/mol. The molecular formula is C48H51F3N8O6. The summed E-state index contributed by atoms with van der Waals surface area (Å²) in [5.74, 6) is -1.31. The van der Waals surface area contributed by atoms with Crippen LogP contribution in [-0.4, -0.2) is 121 Å². The summed E-state index contributed by atoms with van der Waals surface area (Å²) in [4.78, 5) is 49.4. The van der Waals surface area contributed by atoms with Crippen LogP contribution in [0.3, 0.4) is 0 Å². The zero-order valence-corrected chi connectivity index (χ0v) is 35.5. The minimum Gasteiger partial charge on any atom is -0.490 e. The second kappa shape index (κ2) is 21.8. The average Bonchev–Trinajstić information content (AvgIpc) is 4.01. The number of nitrogens with one attached hydrogen (secondary N) is 2. The summed E-state index contributed by atoms with van der Waals surface area (Å²) in [5, 5.41) is 27.2. The average molecular weight is 893 g/mol. The molecule has 0 spiro atoms. The minimum absolute atomic E-state index is 0.00798. The highest BCUT2D eigenvalue weighted by atomic mass is 19.4. The minimum atomic E-state index is -4.58. The molecule has 6 aromatic rings. The predicted octanol–water partition coefficient (Wildman–Crippen LogP) is 4.94. The highest BCUT2D eigenvalue weighted by Gasteiger charge is 2.38. The van der Waals surface area contributed by atoms with Gasteiger partial charge in [0.2, 0.25) is 11.8 Å². The zero-order valence-electron chi connectivity index (χ0n) is 35.5. The Morgan fingerprint density at radius 2 is 1.55 bits per heavy atom. The van der Waals surface area contributed by atoms with Gasteiger partial charge in [-0.05, 0) is 66.4 Å². The number of nitrogens with zero attached hydrogens (tertiary/aromatic N) is 6. The fourth-order valence-electron chi connectivity index (χ4n) is 8.05. The first kappa shape index (κ1) is 46.3.